The van der Waals surface area contributed by atoms with E-state index >= 15 is 0 Å². The number of thiazole rings is 1. The van der Waals surface area contributed by atoms with Crippen LogP contribution in [-0.4, -0.2) is 15.0 Å². The molecule has 0 aliphatic heterocycles. The Hall–Kier alpha value is -1.03. The van der Waals surface area contributed by atoms with Crippen LogP contribution in [0, 0.1) is 0 Å². The van der Waals surface area contributed by atoms with E-state index in [-0.39, 0.29) is 10.8 Å². The van der Waals surface area contributed by atoms with Gasteiger partial charge in [-0.1, -0.05) is 52.9 Å². The molecular formula is C13H19N3S. The summed E-state index contributed by atoms with van der Waals surface area (Å²) in [5, 5.41) is 1.10. The zero-order valence-corrected chi connectivity index (χ0v) is 12.1. The highest BCUT2D eigenvalue weighted by molar-refractivity contribution is 7.18. The third-order valence-corrected chi connectivity index (χ3v) is 3.90. The Morgan fingerprint density at radius 1 is 0.941 bits per heavy atom. The van der Waals surface area contributed by atoms with Crippen molar-refractivity contribution in [2.45, 2.75) is 52.4 Å². The molecule has 0 amide bonds. The molecule has 0 aliphatic carbocycles. The van der Waals surface area contributed by atoms with Crippen molar-refractivity contribution in [2.75, 3.05) is 0 Å². The van der Waals surface area contributed by atoms with Crippen molar-refractivity contribution in [3.8, 4) is 0 Å². The van der Waals surface area contributed by atoms with Crippen molar-refractivity contribution < 1.29 is 0 Å². The lowest BCUT2D eigenvalue weighted by Crippen LogP contribution is -2.13. The van der Waals surface area contributed by atoms with Gasteiger partial charge in [0.25, 0.3) is 0 Å². The molecule has 0 N–H and O–H groups in total. The molecule has 2 heterocycles. The van der Waals surface area contributed by atoms with Crippen LogP contribution in [0.1, 0.15) is 52.2 Å². The molecule has 0 unspecified atom stereocenters. The molecule has 2 aromatic rings. The molecule has 0 saturated heterocycles. The highest BCUT2D eigenvalue weighted by Crippen LogP contribution is 2.30. The Morgan fingerprint density at radius 3 is 2.12 bits per heavy atom. The number of fused-ring (bicyclic) bond motifs is 1. The molecule has 0 spiro atoms. The summed E-state index contributed by atoms with van der Waals surface area (Å²) < 4.78 is 0. The minimum absolute atomic E-state index is 0.0348. The summed E-state index contributed by atoms with van der Waals surface area (Å²) in [5.74, 6) is 0. The van der Waals surface area contributed by atoms with Gasteiger partial charge in [-0.15, -0.1) is 0 Å². The van der Waals surface area contributed by atoms with Crippen LogP contribution in [-0.2, 0) is 10.8 Å². The largest absolute Gasteiger partial charge is 0.236 e. The molecule has 0 atom stereocenters. The summed E-state index contributed by atoms with van der Waals surface area (Å²) in [7, 11) is 0. The molecule has 0 bridgehead atoms. The van der Waals surface area contributed by atoms with Crippen molar-refractivity contribution in [3.05, 3.63) is 16.9 Å². The standard InChI is InChI=1S/C13H19N3S/c1-12(2,3)8-7-14-9-10(15-8)17-11(16-9)13(4,5)6/h7H,1-6H3. The number of hydrogen-bond donors (Lipinski definition) is 0. The SMILES string of the molecule is CC(C)(C)c1cnc2nc(C(C)(C)C)sc2n1. The first-order valence-electron chi connectivity index (χ1n) is 5.82. The molecule has 2 rings (SSSR count). The number of hydrogen-bond acceptors (Lipinski definition) is 4. The van der Waals surface area contributed by atoms with E-state index in [4.69, 9.17) is 0 Å². The number of aromatic nitrogens is 3. The average molecular weight is 249 g/mol. The normalized spacial score (nSPS) is 13.3. The predicted molar refractivity (Wildman–Crippen MR) is 72.6 cm³/mol. The third kappa shape index (κ3) is 2.46. The molecule has 4 heteroatoms. The van der Waals surface area contributed by atoms with Gasteiger partial charge in [-0.3, -0.25) is 0 Å². The van der Waals surface area contributed by atoms with Crippen LogP contribution in [0.25, 0.3) is 10.5 Å². The van der Waals surface area contributed by atoms with Crippen LogP contribution >= 0.6 is 11.3 Å². The minimum Gasteiger partial charge on any atom is -0.236 e. The summed E-state index contributed by atoms with van der Waals surface area (Å²) in [6, 6.07) is 0. The van der Waals surface area contributed by atoms with Gasteiger partial charge >= 0.3 is 0 Å². The predicted octanol–water partition coefficient (Wildman–Crippen LogP) is 3.68. The van der Waals surface area contributed by atoms with Gasteiger partial charge in [-0.05, 0) is 0 Å². The van der Waals surface area contributed by atoms with E-state index in [1.54, 1.807) is 11.3 Å². The molecule has 0 fully saturated rings. The van der Waals surface area contributed by atoms with Crippen molar-refractivity contribution in [1.82, 2.24) is 15.0 Å². The monoisotopic (exact) mass is 249 g/mol. The Kier molecular flexibility index (Phi) is 2.73. The van der Waals surface area contributed by atoms with E-state index in [0.29, 0.717) is 0 Å². The van der Waals surface area contributed by atoms with Gasteiger partial charge in [0.1, 0.15) is 5.01 Å². The second kappa shape index (κ2) is 3.73. The lowest BCUT2D eigenvalue weighted by atomic mass is 9.93. The molecule has 0 aromatic carbocycles. The van der Waals surface area contributed by atoms with E-state index in [9.17, 15) is 0 Å². The van der Waals surface area contributed by atoms with E-state index in [1.807, 2.05) is 6.20 Å². The van der Waals surface area contributed by atoms with E-state index < -0.39 is 0 Å². The molecule has 0 aliphatic rings. The third-order valence-electron chi connectivity index (χ3n) is 2.53. The summed E-state index contributed by atoms with van der Waals surface area (Å²) >= 11 is 1.65. The van der Waals surface area contributed by atoms with Crippen molar-refractivity contribution in [1.29, 1.82) is 0 Å². The molecular weight excluding hydrogens is 230 g/mol. The maximum atomic E-state index is 4.67. The number of rotatable bonds is 0. The average Bonchev–Trinajstić information content (AvgIpc) is 2.57. The molecule has 17 heavy (non-hydrogen) atoms. The fourth-order valence-corrected chi connectivity index (χ4v) is 2.36. The van der Waals surface area contributed by atoms with Gasteiger partial charge in [-0.2, -0.15) is 0 Å². The molecule has 3 nitrogen and oxygen atoms in total. The van der Waals surface area contributed by atoms with Crippen LogP contribution in [0.3, 0.4) is 0 Å². The summed E-state index contributed by atoms with van der Waals surface area (Å²) in [6.07, 6.45) is 1.84. The zero-order valence-electron chi connectivity index (χ0n) is 11.3. The summed E-state index contributed by atoms with van der Waals surface area (Å²) in [6.45, 7) is 12.9. The fraction of sp³-hybridized carbons (Fsp3) is 0.615. The topological polar surface area (TPSA) is 38.7 Å². The summed E-state index contributed by atoms with van der Waals surface area (Å²) in [5.41, 5.74) is 1.89. The second-order valence-corrected chi connectivity index (χ2v) is 7.38. The first-order chi connectivity index (χ1) is 7.68. The van der Waals surface area contributed by atoms with Gasteiger partial charge in [-0.25, -0.2) is 15.0 Å². The minimum atomic E-state index is 0.0348. The molecule has 2 aromatic heterocycles. The molecule has 92 valence electrons. The second-order valence-electron chi connectivity index (χ2n) is 6.40. The first-order valence-corrected chi connectivity index (χ1v) is 6.64. The first kappa shape index (κ1) is 12.4. The van der Waals surface area contributed by atoms with E-state index in [2.05, 4.69) is 56.5 Å². The Morgan fingerprint density at radius 2 is 1.59 bits per heavy atom. The van der Waals surface area contributed by atoms with Crippen molar-refractivity contribution >= 4 is 21.8 Å². The van der Waals surface area contributed by atoms with Gasteiger partial charge in [0.05, 0.1) is 11.9 Å². The maximum Gasteiger partial charge on any atom is 0.189 e. The van der Waals surface area contributed by atoms with Crippen molar-refractivity contribution in [3.63, 3.8) is 0 Å². The quantitative estimate of drug-likeness (QED) is 0.715. The molecule has 0 saturated carbocycles. The highest BCUT2D eigenvalue weighted by Gasteiger charge is 2.22. The van der Waals surface area contributed by atoms with Gasteiger partial charge < -0.3 is 0 Å². The van der Waals surface area contributed by atoms with Gasteiger partial charge in [0.15, 0.2) is 10.5 Å². The van der Waals surface area contributed by atoms with Crippen LogP contribution in [0.5, 0.6) is 0 Å². The fourth-order valence-electron chi connectivity index (χ4n) is 1.40. The lowest BCUT2D eigenvalue weighted by Gasteiger charge is -2.16. The molecule has 0 radical (unpaired) electrons. The highest BCUT2D eigenvalue weighted by atomic mass is 32.1. The van der Waals surface area contributed by atoms with Gasteiger partial charge in [0.2, 0.25) is 0 Å². The Balaban J connectivity index is 2.56. The van der Waals surface area contributed by atoms with Gasteiger partial charge in [0, 0.05) is 10.8 Å². The maximum absolute atomic E-state index is 4.67. The van der Waals surface area contributed by atoms with Crippen LogP contribution in [0.4, 0.5) is 0 Å². The van der Waals surface area contributed by atoms with Crippen molar-refractivity contribution in [2.24, 2.45) is 0 Å². The zero-order chi connectivity index (χ0) is 12.8. The van der Waals surface area contributed by atoms with Crippen LogP contribution < -0.4 is 0 Å². The van der Waals surface area contributed by atoms with Crippen LogP contribution in [0.2, 0.25) is 0 Å². The van der Waals surface area contributed by atoms with E-state index in [0.717, 1.165) is 21.2 Å². The number of nitrogens with zero attached hydrogens (tertiary/aromatic N) is 3. The smallest absolute Gasteiger partial charge is 0.189 e. The Bertz CT molecular complexity index is 532. The summed E-state index contributed by atoms with van der Waals surface area (Å²) in [4.78, 5) is 14.6. The lowest BCUT2D eigenvalue weighted by molar-refractivity contribution is 0.568. The van der Waals surface area contributed by atoms with Crippen LogP contribution in [0.15, 0.2) is 6.20 Å². The Labute approximate surface area is 106 Å². The van der Waals surface area contributed by atoms with E-state index in [1.165, 1.54) is 0 Å².